The lowest BCUT2D eigenvalue weighted by atomic mass is 10.0. The van der Waals surface area contributed by atoms with Crippen LogP contribution in [0.5, 0.6) is 0 Å². The molecule has 0 aromatic rings. The monoisotopic (exact) mass is 408 g/mol. The van der Waals surface area contributed by atoms with Gasteiger partial charge in [0.2, 0.25) is 0 Å². The maximum absolute atomic E-state index is 11.6. The van der Waals surface area contributed by atoms with Crippen molar-refractivity contribution >= 4 is 10.1 Å². The first-order valence-corrected chi connectivity index (χ1v) is 12.8. The number of hydrogen-bond donors (Lipinski definition) is 2. The van der Waals surface area contributed by atoms with Crippen molar-refractivity contribution in [3.8, 4) is 0 Å². The van der Waals surface area contributed by atoms with Gasteiger partial charge in [0.25, 0.3) is 10.1 Å². The summed E-state index contributed by atoms with van der Waals surface area (Å²) in [7, 11) is -3.58. The minimum absolute atomic E-state index is 0.0103. The van der Waals surface area contributed by atoms with Gasteiger partial charge in [-0.15, -0.1) is 0 Å². The van der Waals surface area contributed by atoms with E-state index in [0.717, 1.165) is 12.8 Å². The van der Waals surface area contributed by atoms with E-state index < -0.39 is 22.8 Å². The highest BCUT2D eigenvalue weighted by atomic mass is 32.2. The average molecular weight is 409 g/mol. The standard InChI is InChI=1S/C21H44O5S/c1-2-3-4-5-6-7-8-9-10-11-12-13-14-15-16-17-18-27(24,25)26-20-21(23)19-22/h21-23H,2-20H2,1H3. The Morgan fingerprint density at radius 1 is 0.704 bits per heavy atom. The van der Waals surface area contributed by atoms with Crippen LogP contribution in [0, 0.1) is 0 Å². The maximum Gasteiger partial charge on any atom is 0.267 e. The minimum Gasteiger partial charge on any atom is -0.394 e. The number of rotatable bonds is 21. The fraction of sp³-hybridized carbons (Fsp3) is 1.00. The molecule has 0 spiro atoms. The Morgan fingerprint density at radius 3 is 1.44 bits per heavy atom. The lowest BCUT2D eigenvalue weighted by molar-refractivity contribution is 0.0557. The second kappa shape index (κ2) is 19.2. The van der Waals surface area contributed by atoms with Crippen LogP contribution in [0.15, 0.2) is 0 Å². The van der Waals surface area contributed by atoms with E-state index in [1.54, 1.807) is 0 Å². The highest BCUT2D eigenvalue weighted by Crippen LogP contribution is 2.14. The van der Waals surface area contributed by atoms with Crippen LogP contribution in [0.4, 0.5) is 0 Å². The van der Waals surface area contributed by atoms with Gasteiger partial charge in [-0.1, -0.05) is 103 Å². The molecule has 0 amide bonds. The molecule has 0 aromatic heterocycles. The lowest BCUT2D eigenvalue weighted by Gasteiger charge is -2.08. The van der Waals surface area contributed by atoms with Crippen molar-refractivity contribution in [2.75, 3.05) is 19.0 Å². The Balaban J connectivity index is 3.27. The molecule has 6 heteroatoms. The third-order valence-corrected chi connectivity index (χ3v) is 6.18. The molecule has 2 N–H and O–H groups in total. The highest BCUT2D eigenvalue weighted by Gasteiger charge is 2.13. The first kappa shape index (κ1) is 26.8. The third-order valence-electron chi connectivity index (χ3n) is 4.90. The molecule has 0 aliphatic heterocycles. The fourth-order valence-corrected chi connectivity index (χ4v) is 4.16. The van der Waals surface area contributed by atoms with E-state index in [9.17, 15) is 8.42 Å². The van der Waals surface area contributed by atoms with Crippen LogP contribution in [0.1, 0.15) is 110 Å². The number of aliphatic hydroxyl groups excluding tert-OH is 2. The summed E-state index contributed by atoms with van der Waals surface area (Å²) in [6, 6.07) is 0. The Hall–Kier alpha value is -0.170. The van der Waals surface area contributed by atoms with Crippen molar-refractivity contribution < 1.29 is 22.8 Å². The van der Waals surface area contributed by atoms with Gasteiger partial charge in [0.15, 0.2) is 0 Å². The fourth-order valence-electron chi connectivity index (χ4n) is 3.12. The summed E-state index contributed by atoms with van der Waals surface area (Å²) in [5.74, 6) is -0.0103. The zero-order chi connectivity index (χ0) is 20.2. The second-order valence-electron chi connectivity index (χ2n) is 7.69. The molecule has 0 bridgehead atoms. The molecule has 27 heavy (non-hydrogen) atoms. The van der Waals surface area contributed by atoms with Crippen LogP contribution in [-0.2, 0) is 14.3 Å². The van der Waals surface area contributed by atoms with Gasteiger partial charge in [0, 0.05) is 0 Å². The van der Waals surface area contributed by atoms with Crippen LogP contribution in [0.2, 0.25) is 0 Å². The largest absolute Gasteiger partial charge is 0.394 e. The van der Waals surface area contributed by atoms with Crippen molar-refractivity contribution in [3.63, 3.8) is 0 Å². The van der Waals surface area contributed by atoms with Gasteiger partial charge >= 0.3 is 0 Å². The number of aliphatic hydroxyl groups is 2. The molecule has 0 saturated carbocycles. The lowest BCUT2D eigenvalue weighted by Crippen LogP contribution is -2.23. The van der Waals surface area contributed by atoms with E-state index in [4.69, 9.17) is 10.2 Å². The Kier molecular flexibility index (Phi) is 19.0. The third kappa shape index (κ3) is 20.4. The van der Waals surface area contributed by atoms with Crippen molar-refractivity contribution in [3.05, 3.63) is 0 Å². The molecule has 0 fully saturated rings. The molecule has 1 atom stereocenters. The van der Waals surface area contributed by atoms with Crippen LogP contribution >= 0.6 is 0 Å². The first-order valence-electron chi connectivity index (χ1n) is 11.2. The van der Waals surface area contributed by atoms with E-state index in [-0.39, 0.29) is 12.4 Å². The SMILES string of the molecule is CCCCCCCCCCCCCCCCCCS(=O)(=O)OCC(O)CO. The van der Waals surface area contributed by atoms with E-state index in [2.05, 4.69) is 11.1 Å². The second-order valence-corrected chi connectivity index (χ2v) is 9.45. The van der Waals surface area contributed by atoms with Gasteiger partial charge in [-0.25, -0.2) is 0 Å². The smallest absolute Gasteiger partial charge is 0.267 e. The normalized spacial score (nSPS) is 13.1. The molecular formula is C21H44O5S. The van der Waals surface area contributed by atoms with Gasteiger partial charge in [-0.3, -0.25) is 4.18 Å². The van der Waals surface area contributed by atoms with Crippen LogP contribution in [-0.4, -0.2) is 43.7 Å². The van der Waals surface area contributed by atoms with Gasteiger partial charge in [-0.05, 0) is 6.42 Å². The Morgan fingerprint density at radius 2 is 1.07 bits per heavy atom. The highest BCUT2D eigenvalue weighted by molar-refractivity contribution is 7.86. The molecule has 0 saturated heterocycles. The molecule has 0 heterocycles. The zero-order valence-corrected chi connectivity index (χ0v) is 18.4. The molecule has 1 unspecified atom stereocenters. The topological polar surface area (TPSA) is 83.8 Å². The van der Waals surface area contributed by atoms with E-state index in [1.807, 2.05) is 0 Å². The molecule has 0 aliphatic carbocycles. The summed E-state index contributed by atoms with van der Waals surface area (Å²) < 4.78 is 27.8. The van der Waals surface area contributed by atoms with Crippen molar-refractivity contribution in [2.24, 2.45) is 0 Å². The van der Waals surface area contributed by atoms with Crippen LogP contribution in [0.25, 0.3) is 0 Å². The number of unbranched alkanes of at least 4 members (excludes halogenated alkanes) is 15. The predicted octanol–water partition coefficient (Wildman–Crippen LogP) is 4.95. The molecule has 0 aliphatic rings. The summed E-state index contributed by atoms with van der Waals surface area (Å²) in [6.45, 7) is 1.40. The van der Waals surface area contributed by atoms with E-state index in [0.29, 0.717) is 6.42 Å². The predicted molar refractivity (Wildman–Crippen MR) is 112 cm³/mol. The first-order chi connectivity index (χ1) is 13.0. The quantitative estimate of drug-likeness (QED) is 0.207. The molecule has 5 nitrogen and oxygen atoms in total. The summed E-state index contributed by atoms with van der Waals surface area (Å²) in [6.07, 6.45) is 18.9. The Labute approximate surface area is 168 Å². The van der Waals surface area contributed by atoms with E-state index in [1.165, 1.54) is 83.5 Å². The summed E-state index contributed by atoms with van der Waals surface area (Å²) in [5.41, 5.74) is 0. The molecule has 0 radical (unpaired) electrons. The molecular weight excluding hydrogens is 364 g/mol. The average Bonchev–Trinajstić information content (AvgIpc) is 2.65. The Bertz CT molecular complexity index is 397. The van der Waals surface area contributed by atoms with Gasteiger partial charge in [-0.2, -0.15) is 8.42 Å². The van der Waals surface area contributed by atoms with E-state index >= 15 is 0 Å². The van der Waals surface area contributed by atoms with Crippen molar-refractivity contribution in [2.45, 2.75) is 116 Å². The minimum atomic E-state index is -3.58. The van der Waals surface area contributed by atoms with Crippen LogP contribution in [0.3, 0.4) is 0 Å². The van der Waals surface area contributed by atoms with Crippen LogP contribution < -0.4 is 0 Å². The van der Waals surface area contributed by atoms with Gasteiger partial charge in [0.05, 0.1) is 19.0 Å². The maximum atomic E-state index is 11.6. The molecule has 0 aromatic carbocycles. The van der Waals surface area contributed by atoms with Gasteiger partial charge in [0.1, 0.15) is 6.10 Å². The van der Waals surface area contributed by atoms with Crippen molar-refractivity contribution in [1.29, 1.82) is 0 Å². The molecule has 164 valence electrons. The number of hydrogen-bond acceptors (Lipinski definition) is 5. The van der Waals surface area contributed by atoms with Gasteiger partial charge < -0.3 is 10.2 Å². The zero-order valence-electron chi connectivity index (χ0n) is 17.5. The molecule has 0 rings (SSSR count). The summed E-state index contributed by atoms with van der Waals surface area (Å²) in [5, 5.41) is 17.7. The summed E-state index contributed by atoms with van der Waals surface area (Å²) in [4.78, 5) is 0. The summed E-state index contributed by atoms with van der Waals surface area (Å²) >= 11 is 0. The van der Waals surface area contributed by atoms with Crippen molar-refractivity contribution in [1.82, 2.24) is 0 Å².